The van der Waals surface area contributed by atoms with E-state index in [0.29, 0.717) is 11.3 Å². The molecule has 0 bridgehead atoms. The Morgan fingerprint density at radius 1 is 1.23 bits per heavy atom. The SMILES string of the molecule is CN(C)S(=O)(=O)c1ccc(=O)n(C[C@H](O)COc2ccc(C#N)cc2)c1. The van der Waals surface area contributed by atoms with Crippen molar-refractivity contribution in [2.45, 2.75) is 17.5 Å². The molecule has 9 heteroatoms. The molecular weight excluding hydrogens is 358 g/mol. The van der Waals surface area contributed by atoms with Crippen molar-refractivity contribution in [3.63, 3.8) is 0 Å². The number of nitriles is 1. The molecule has 0 saturated carbocycles. The molecule has 0 saturated heterocycles. The van der Waals surface area contributed by atoms with E-state index in [1.165, 1.54) is 26.4 Å². The van der Waals surface area contributed by atoms with Crippen molar-refractivity contribution < 1.29 is 18.3 Å². The molecule has 1 aromatic heterocycles. The molecule has 1 heterocycles. The second kappa shape index (κ2) is 8.14. The number of aromatic nitrogens is 1. The summed E-state index contributed by atoms with van der Waals surface area (Å²) in [6.45, 7) is -0.213. The molecule has 1 N–H and O–H groups in total. The third kappa shape index (κ3) is 4.70. The van der Waals surface area contributed by atoms with E-state index in [1.807, 2.05) is 6.07 Å². The summed E-state index contributed by atoms with van der Waals surface area (Å²) in [6.07, 6.45) is 0.170. The summed E-state index contributed by atoms with van der Waals surface area (Å²) in [7, 11) is -0.892. The lowest BCUT2D eigenvalue weighted by Gasteiger charge is -2.16. The lowest BCUT2D eigenvalue weighted by atomic mass is 10.2. The van der Waals surface area contributed by atoms with Gasteiger partial charge in [0.1, 0.15) is 18.5 Å². The van der Waals surface area contributed by atoms with Gasteiger partial charge in [0.15, 0.2) is 0 Å². The quantitative estimate of drug-likeness (QED) is 0.748. The number of sulfonamides is 1. The fourth-order valence-electron chi connectivity index (χ4n) is 2.11. The predicted octanol–water partition coefficient (Wildman–Crippen LogP) is 0.410. The van der Waals surface area contributed by atoms with Gasteiger partial charge in [0.2, 0.25) is 10.0 Å². The van der Waals surface area contributed by atoms with E-state index in [9.17, 15) is 18.3 Å². The highest BCUT2D eigenvalue weighted by atomic mass is 32.2. The molecule has 26 heavy (non-hydrogen) atoms. The number of ether oxygens (including phenoxy) is 1. The predicted molar refractivity (Wildman–Crippen MR) is 94.2 cm³/mol. The molecule has 0 fully saturated rings. The molecule has 0 radical (unpaired) electrons. The summed E-state index contributed by atoms with van der Waals surface area (Å²) in [5.74, 6) is 0.472. The summed E-state index contributed by atoms with van der Waals surface area (Å²) in [5, 5.41) is 18.8. The Kier molecular flexibility index (Phi) is 6.15. The number of aliphatic hydroxyl groups excluding tert-OH is 1. The standard InChI is InChI=1S/C17H19N3O5S/c1-19(2)26(23,24)16-7-8-17(22)20(11-16)10-14(21)12-25-15-5-3-13(9-18)4-6-15/h3-8,11,14,21H,10,12H2,1-2H3/t14-/m0/s1. The molecule has 0 aliphatic rings. The molecule has 2 aromatic rings. The van der Waals surface area contributed by atoms with Gasteiger partial charge >= 0.3 is 0 Å². The second-order valence-electron chi connectivity index (χ2n) is 5.74. The Balaban J connectivity index is 2.07. The van der Waals surface area contributed by atoms with Gasteiger partial charge in [-0.15, -0.1) is 0 Å². The molecular formula is C17H19N3O5S. The van der Waals surface area contributed by atoms with Crippen LogP contribution in [-0.2, 0) is 16.6 Å². The molecule has 1 atom stereocenters. The van der Waals surface area contributed by atoms with Crippen LogP contribution in [0.25, 0.3) is 0 Å². The number of hydrogen-bond donors (Lipinski definition) is 1. The monoisotopic (exact) mass is 377 g/mol. The first-order chi connectivity index (χ1) is 12.2. The Bertz CT molecular complexity index is 959. The van der Waals surface area contributed by atoms with E-state index < -0.39 is 21.7 Å². The summed E-state index contributed by atoms with van der Waals surface area (Å²) >= 11 is 0. The Morgan fingerprint density at radius 3 is 2.46 bits per heavy atom. The second-order valence-corrected chi connectivity index (χ2v) is 7.90. The van der Waals surface area contributed by atoms with Gasteiger partial charge in [-0.1, -0.05) is 0 Å². The van der Waals surface area contributed by atoms with Gasteiger partial charge in [-0.3, -0.25) is 4.79 Å². The minimum absolute atomic E-state index is 0.0395. The first-order valence-electron chi connectivity index (χ1n) is 7.68. The summed E-state index contributed by atoms with van der Waals surface area (Å²) in [4.78, 5) is 11.9. The van der Waals surface area contributed by atoms with E-state index in [0.717, 1.165) is 14.9 Å². The van der Waals surface area contributed by atoms with Crippen LogP contribution in [-0.4, -0.2) is 49.2 Å². The fraction of sp³-hybridized carbons (Fsp3) is 0.294. The van der Waals surface area contributed by atoms with E-state index in [2.05, 4.69) is 0 Å². The highest BCUT2D eigenvalue weighted by Gasteiger charge is 2.19. The van der Waals surface area contributed by atoms with Crippen LogP contribution in [0.5, 0.6) is 5.75 Å². The molecule has 1 aromatic carbocycles. The van der Waals surface area contributed by atoms with E-state index in [1.54, 1.807) is 24.3 Å². The van der Waals surface area contributed by atoms with Crippen LogP contribution in [0, 0.1) is 11.3 Å². The van der Waals surface area contributed by atoms with Crippen molar-refractivity contribution in [1.29, 1.82) is 5.26 Å². The van der Waals surface area contributed by atoms with Crippen molar-refractivity contribution in [3.05, 3.63) is 58.5 Å². The fourth-order valence-corrected chi connectivity index (χ4v) is 3.04. The first-order valence-corrected chi connectivity index (χ1v) is 9.12. The van der Waals surface area contributed by atoms with Crippen LogP contribution in [0.15, 0.2) is 52.3 Å². The van der Waals surface area contributed by atoms with Gasteiger partial charge < -0.3 is 14.4 Å². The number of pyridine rings is 1. The molecule has 0 aliphatic carbocycles. The van der Waals surface area contributed by atoms with E-state index >= 15 is 0 Å². The molecule has 0 unspecified atom stereocenters. The molecule has 2 rings (SSSR count). The van der Waals surface area contributed by atoms with Gasteiger partial charge in [-0.2, -0.15) is 5.26 Å². The van der Waals surface area contributed by atoms with Crippen LogP contribution >= 0.6 is 0 Å². The van der Waals surface area contributed by atoms with E-state index in [-0.39, 0.29) is 18.0 Å². The normalized spacial score (nSPS) is 12.6. The zero-order valence-corrected chi connectivity index (χ0v) is 15.2. The van der Waals surface area contributed by atoms with Crippen molar-refractivity contribution in [1.82, 2.24) is 8.87 Å². The van der Waals surface area contributed by atoms with Gasteiger partial charge in [-0.05, 0) is 30.3 Å². The lowest BCUT2D eigenvalue weighted by molar-refractivity contribution is 0.0914. The summed E-state index contributed by atoms with van der Waals surface area (Å²) in [5.41, 5.74) is 0.0588. The number of hydrogen-bond acceptors (Lipinski definition) is 6. The van der Waals surface area contributed by atoms with Crippen LogP contribution in [0.4, 0.5) is 0 Å². The average molecular weight is 377 g/mol. The number of rotatable bonds is 7. The molecule has 0 amide bonds. The van der Waals surface area contributed by atoms with Crippen molar-refractivity contribution >= 4 is 10.0 Å². The zero-order valence-electron chi connectivity index (χ0n) is 14.4. The maximum atomic E-state index is 12.1. The molecule has 8 nitrogen and oxygen atoms in total. The maximum absolute atomic E-state index is 12.1. The van der Waals surface area contributed by atoms with Gasteiger partial charge in [-0.25, -0.2) is 12.7 Å². The molecule has 0 aliphatic heterocycles. The van der Waals surface area contributed by atoms with Crippen molar-refractivity contribution in [2.75, 3.05) is 20.7 Å². The van der Waals surface area contributed by atoms with Gasteiger partial charge in [0, 0.05) is 26.4 Å². The number of benzene rings is 1. The number of aliphatic hydroxyl groups is 1. The Hall–Kier alpha value is -2.67. The van der Waals surface area contributed by atoms with Crippen LogP contribution in [0.1, 0.15) is 5.56 Å². The third-order valence-corrected chi connectivity index (χ3v) is 5.37. The largest absolute Gasteiger partial charge is 0.491 e. The topological polar surface area (TPSA) is 113 Å². The van der Waals surface area contributed by atoms with E-state index in [4.69, 9.17) is 10.00 Å². The summed E-state index contributed by atoms with van der Waals surface area (Å²) < 4.78 is 31.9. The Labute approximate surface area is 151 Å². The molecule has 0 spiro atoms. The zero-order chi connectivity index (χ0) is 19.3. The van der Waals surface area contributed by atoms with Crippen molar-refractivity contribution in [3.8, 4) is 11.8 Å². The average Bonchev–Trinajstić information content (AvgIpc) is 2.62. The highest BCUT2D eigenvalue weighted by molar-refractivity contribution is 7.89. The summed E-state index contributed by atoms with van der Waals surface area (Å²) in [6, 6.07) is 10.7. The third-order valence-electron chi connectivity index (χ3n) is 3.57. The van der Waals surface area contributed by atoms with Crippen LogP contribution in [0.2, 0.25) is 0 Å². The minimum Gasteiger partial charge on any atom is -0.491 e. The smallest absolute Gasteiger partial charge is 0.250 e. The Morgan fingerprint density at radius 2 is 1.88 bits per heavy atom. The van der Waals surface area contributed by atoms with Crippen LogP contribution in [0.3, 0.4) is 0 Å². The van der Waals surface area contributed by atoms with Crippen LogP contribution < -0.4 is 10.3 Å². The lowest BCUT2D eigenvalue weighted by Crippen LogP contribution is -2.31. The first kappa shape index (κ1) is 19.7. The van der Waals surface area contributed by atoms with Gasteiger partial charge in [0.05, 0.1) is 23.1 Å². The minimum atomic E-state index is -3.68. The van der Waals surface area contributed by atoms with Crippen molar-refractivity contribution in [2.24, 2.45) is 0 Å². The highest BCUT2D eigenvalue weighted by Crippen LogP contribution is 2.13. The maximum Gasteiger partial charge on any atom is 0.250 e. The number of nitrogens with zero attached hydrogens (tertiary/aromatic N) is 3. The van der Waals surface area contributed by atoms with Gasteiger partial charge in [0.25, 0.3) is 5.56 Å². The molecule has 138 valence electrons.